The molecular formula is C15H18N2O3. The first kappa shape index (κ1) is 13.0. The van der Waals surface area contributed by atoms with Gasteiger partial charge in [0.2, 0.25) is 0 Å². The minimum atomic E-state index is -0.0837. The summed E-state index contributed by atoms with van der Waals surface area (Å²) >= 11 is 0. The van der Waals surface area contributed by atoms with E-state index in [0.29, 0.717) is 5.69 Å². The first-order chi connectivity index (χ1) is 9.66. The molecule has 1 aliphatic heterocycles. The van der Waals surface area contributed by atoms with Crippen LogP contribution in [0.2, 0.25) is 0 Å². The SMILES string of the molecule is CC(C)c1cc(C(=O)N2CCCC2c2ccco2)no1. The van der Waals surface area contributed by atoms with Gasteiger partial charge in [0.05, 0.1) is 12.3 Å². The van der Waals surface area contributed by atoms with Gasteiger partial charge in [0.25, 0.3) is 5.91 Å². The van der Waals surface area contributed by atoms with Gasteiger partial charge in [-0.25, -0.2) is 0 Å². The molecule has 0 N–H and O–H groups in total. The van der Waals surface area contributed by atoms with E-state index in [4.69, 9.17) is 8.94 Å². The van der Waals surface area contributed by atoms with Crippen molar-refractivity contribution in [3.63, 3.8) is 0 Å². The predicted octanol–water partition coefficient (Wildman–Crippen LogP) is 3.37. The number of likely N-dealkylation sites (tertiary alicyclic amines) is 1. The Morgan fingerprint density at radius 3 is 3.00 bits per heavy atom. The van der Waals surface area contributed by atoms with E-state index in [-0.39, 0.29) is 17.9 Å². The maximum absolute atomic E-state index is 12.6. The minimum absolute atomic E-state index is 0.0108. The summed E-state index contributed by atoms with van der Waals surface area (Å²) < 4.78 is 10.7. The fourth-order valence-corrected chi connectivity index (χ4v) is 2.60. The Balaban J connectivity index is 1.82. The topological polar surface area (TPSA) is 59.5 Å². The summed E-state index contributed by atoms with van der Waals surface area (Å²) in [6.45, 7) is 4.75. The molecule has 1 fully saturated rings. The smallest absolute Gasteiger partial charge is 0.276 e. The molecule has 2 aromatic heterocycles. The van der Waals surface area contributed by atoms with Gasteiger partial charge in [-0.3, -0.25) is 4.79 Å². The Labute approximate surface area is 117 Å². The molecule has 1 unspecified atom stereocenters. The molecule has 20 heavy (non-hydrogen) atoms. The van der Waals surface area contributed by atoms with Crippen molar-refractivity contribution in [2.45, 2.75) is 38.6 Å². The standard InChI is InChI=1S/C15H18N2O3/c1-10(2)14-9-11(16-20-14)15(18)17-7-3-5-12(17)13-6-4-8-19-13/h4,6,8-10,12H,3,5,7H2,1-2H3. The van der Waals surface area contributed by atoms with Crippen LogP contribution in [-0.2, 0) is 0 Å². The van der Waals surface area contributed by atoms with Crippen LogP contribution in [0.3, 0.4) is 0 Å². The molecule has 0 spiro atoms. The van der Waals surface area contributed by atoms with E-state index in [1.807, 2.05) is 30.9 Å². The Hall–Kier alpha value is -2.04. The van der Waals surface area contributed by atoms with Gasteiger partial charge in [-0.2, -0.15) is 0 Å². The highest BCUT2D eigenvalue weighted by Gasteiger charge is 2.33. The number of furan rings is 1. The summed E-state index contributed by atoms with van der Waals surface area (Å²) in [6.07, 6.45) is 3.55. The quantitative estimate of drug-likeness (QED) is 0.861. The molecule has 1 atom stereocenters. The molecule has 1 saturated heterocycles. The molecule has 5 heteroatoms. The van der Waals surface area contributed by atoms with Crippen LogP contribution < -0.4 is 0 Å². The molecule has 0 aromatic carbocycles. The van der Waals surface area contributed by atoms with E-state index in [1.54, 1.807) is 12.3 Å². The van der Waals surface area contributed by atoms with Gasteiger partial charge in [0, 0.05) is 18.5 Å². The van der Waals surface area contributed by atoms with Crippen LogP contribution in [0.15, 0.2) is 33.4 Å². The van der Waals surface area contributed by atoms with E-state index in [0.717, 1.165) is 30.9 Å². The van der Waals surface area contributed by atoms with Crippen LogP contribution in [0.5, 0.6) is 0 Å². The Bertz CT molecular complexity index is 586. The molecule has 1 aliphatic rings. The van der Waals surface area contributed by atoms with Crippen molar-refractivity contribution in [1.29, 1.82) is 0 Å². The van der Waals surface area contributed by atoms with E-state index < -0.39 is 0 Å². The highest BCUT2D eigenvalue weighted by molar-refractivity contribution is 5.92. The summed E-state index contributed by atoms with van der Waals surface area (Å²) in [5.41, 5.74) is 0.382. The molecule has 3 heterocycles. The lowest BCUT2D eigenvalue weighted by Crippen LogP contribution is -2.30. The van der Waals surface area contributed by atoms with E-state index in [9.17, 15) is 4.79 Å². The van der Waals surface area contributed by atoms with Crippen molar-refractivity contribution in [2.24, 2.45) is 0 Å². The summed E-state index contributed by atoms with van der Waals surface area (Å²) in [7, 11) is 0. The second-order valence-corrected chi connectivity index (χ2v) is 5.44. The lowest BCUT2D eigenvalue weighted by Gasteiger charge is -2.21. The number of carbonyl (C=O) groups is 1. The molecular weight excluding hydrogens is 256 g/mol. The summed E-state index contributed by atoms with van der Waals surface area (Å²) in [6, 6.07) is 5.52. The zero-order valence-electron chi connectivity index (χ0n) is 11.7. The van der Waals surface area contributed by atoms with Crippen LogP contribution in [0.1, 0.15) is 60.7 Å². The van der Waals surface area contributed by atoms with Crippen LogP contribution in [0.25, 0.3) is 0 Å². The van der Waals surface area contributed by atoms with Crippen LogP contribution in [-0.4, -0.2) is 22.5 Å². The van der Waals surface area contributed by atoms with E-state index in [2.05, 4.69) is 5.16 Å². The van der Waals surface area contributed by atoms with Crippen molar-refractivity contribution in [3.05, 3.63) is 41.7 Å². The van der Waals surface area contributed by atoms with Gasteiger partial charge in [-0.05, 0) is 25.0 Å². The lowest BCUT2D eigenvalue weighted by atomic mass is 10.1. The Morgan fingerprint density at radius 1 is 1.50 bits per heavy atom. The van der Waals surface area contributed by atoms with Gasteiger partial charge < -0.3 is 13.8 Å². The van der Waals surface area contributed by atoms with Gasteiger partial charge in [0.1, 0.15) is 11.5 Å². The van der Waals surface area contributed by atoms with Crippen molar-refractivity contribution in [3.8, 4) is 0 Å². The molecule has 0 radical (unpaired) electrons. The number of amides is 1. The summed E-state index contributed by atoms with van der Waals surface area (Å²) in [5.74, 6) is 1.72. The number of rotatable bonds is 3. The molecule has 1 amide bonds. The molecule has 0 saturated carbocycles. The molecule has 5 nitrogen and oxygen atoms in total. The maximum Gasteiger partial charge on any atom is 0.276 e. The van der Waals surface area contributed by atoms with Crippen molar-refractivity contribution in [1.82, 2.24) is 10.1 Å². The third-order valence-corrected chi connectivity index (χ3v) is 3.70. The second-order valence-electron chi connectivity index (χ2n) is 5.44. The van der Waals surface area contributed by atoms with Crippen molar-refractivity contribution in [2.75, 3.05) is 6.54 Å². The van der Waals surface area contributed by atoms with Gasteiger partial charge >= 0.3 is 0 Å². The minimum Gasteiger partial charge on any atom is -0.467 e. The van der Waals surface area contributed by atoms with E-state index >= 15 is 0 Å². The number of nitrogens with zero attached hydrogens (tertiary/aromatic N) is 2. The predicted molar refractivity (Wildman–Crippen MR) is 72.3 cm³/mol. The third kappa shape index (κ3) is 2.24. The first-order valence-corrected chi connectivity index (χ1v) is 6.98. The number of aromatic nitrogens is 1. The fraction of sp³-hybridized carbons (Fsp3) is 0.467. The van der Waals surface area contributed by atoms with Gasteiger partial charge in [-0.15, -0.1) is 0 Å². The first-order valence-electron chi connectivity index (χ1n) is 6.98. The second kappa shape index (κ2) is 5.15. The zero-order valence-corrected chi connectivity index (χ0v) is 11.7. The zero-order chi connectivity index (χ0) is 14.1. The monoisotopic (exact) mass is 274 g/mol. The lowest BCUT2D eigenvalue weighted by molar-refractivity contribution is 0.0709. The molecule has 0 bridgehead atoms. The van der Waals surface area contributed by atoms with Gasteiger partial charge in [-0.1, -0.05) is 19.0 Å². The maximum atomic E-state index is 12.6. The molecule has 3 rings (SSSR count). The molecule has 0 aliphatic carbocycles. The third-order valence-electron chi connectivity index (χ3n) is 3.70. The Morgan fingerprint density at radius 2 is 2.35 bits per heavy atom. The average Bonchev–Trinajstić information content (AvgIpc) is 3.17. The van der Waals surface area contributed by atoms with Crippen molar-refractivity contribution < 1.29 is 13.7 Å². The normalized spacial score (nSPS) is 18.9. The highest BCUT2D eigenvalue weighted by atomic mass is 16.5. The fourth-order valence-electron chi connectivity index (χ4n) is 2.60. The highest BCUT2D eigenvalue weighted by Crippen LogP contribution is 2.33. The van der Waals surface area contributed by atoms with Crippen LogP contribution in [0, 0.1) is 0 Å². The number of carbonyl (C=O) groups excluding carboxylic acids is 1. The average molecular weight is 274 g/mol. The summed E-state index contributed by atoms with van der Waals surface area (Å²) in [5, 5.41) is 3.90. The van der Waals surface area contributed by atoms with E-state index in [1.165, 1.54) is 0 Å². The van der Waals surface area contributed by atoms with Gasteiger partial charge in [0.15, 0.2) is 5.69 Å². The summed E-state index contributed by atoms with van der Waals surface area (Å²) in [4.78, 5) is 14.4. The number of hydrogen-bond acceptors (Lipinski definition) is 4. The molecule has 106 valence electrons. The Kier molecular flexibility index (Phi) is 3.34. The van der Waals surface area contributed by atoms with Crippen LogP contribution in [0.4, 0.5) is 0 Å². The van der Waals surface area contributed by atoms with Crippen molar-refractivity contribution >= 4 is 5.91 Å². The van der Waals surface area contributed by atoms with Crippen LogP contribution >= 0.6 is 0 Å². The number of hydrogen-bond donors (Lipinski definition) is 0. The molecule has 2 aromatic rings. The largest absolute Gasteiger partial charge is 0.467 e.